The second-order valence-electron chi connectivity index (χ2n) is 26.8. The van der Waals surface area contributed by atoms with Crippen molar-refractivity contribution in [1.29, 1.82) is 0 Å². The fraction of sp³-hybridized carbons (Fsp3) is 0.278. The van der Waals surface area contributed by atoms with Crippen LogP contribution in [0.25, 0.3) is 91.8 Å². The Labute approximate surface area is 447 Å². The molecule has 22 rings (SSSR count). The van der Waals surface area contributed by atoms with Crippen LogP contribution in [0, 0.1) is 46.3 Å². The highest BCUT2D eigenvalue weighted by atomic mass is 32.1. The number of hydrogen-bond acceptors (Lipinski definition) is 2. The average molecular weight is 991 g/mol. The molecule has 9 aromatic carbocycles. The van der Waals surface area contributed by atoms with Crippen molar-refractivity contribution in [3.8, 4) is 39.1 Å². The van der Waals surface area contributed by atoms with Crippen molar-refractivity contribution < 1.29 is 0 Å². The van der Waals surface area contributed by atoms with E-state index in [4.69, 9.17) is 0 Å². The first-order valence-electron chi connectivity index (χ1n) is 29.1. The third-order valence-corrected chi connectivity index (χ3v) is 25.4. The van der Waals surface area contributed by atoms with Crippen LogP contribution in [0.15, 0.2) is 176 Å². The molecule has 9 aliphatic carbocycles. The van der Waals surface area contributed by atoms with Gasteiger partial charge < -0.3 is 9.38 Å². The van der Waals surface area contributed by atoms with E-state index >= 15 is 0 Å². The summed E-state index contributed by atoms with van der Waals surface area (Å²) in [5.74, 6) is 5.77. The Morgan fingerprint density at radius 2 is 1.22 bits per heavy atom. The van der Waals surface area contributed by atoms with Gasteiger partial charge in [-0.05, 0) is 249 Å². The van der Waals surface area contributed by atoms with E-state index in [9.17, 15) is 0 Å². The third-order valence-electron chi connectivity index (χ3n) is 24.3. The van der Waals surface area contributed by atoms with Crippen LogP contribution in [-0.4, -0.2) is 11.4 Å². The second-order valence-corrected chi connectivity index (χ2v) is 27.9. The largest absolute Gasteiger partial charge is 0.376 e. The molecule has 76 heavy (non-hydrogen) atoms. The van der Waals surface area contributed by atoms with E-state index in [-0.39, 0.29) is 12.3 Å². The highest BCUT2D eigenvalue weighted by Crippen LogP contribution is 2.85. The molecule has 0 saturated heterocycles. The van der Waals surface area contributed by atoms with Gasteiger partial charge in [0.25, 0.3) is 0 Å². The summed E-state index contributed by atoms with van der Waals surface area (Å²) in [7, 11) is 0. The first kappa shape index (κ1) is 40.4. The van der Waals surface area contributed by atoms with Crippen molar-refractivity contribution in [1.82, 2.24) is 4.57 Å². The molecular formula is C72H55BN2S. The molecule has 7 atom stereocenters. The smallest absolute Gasteiger partial charge is 0.333 e. The molecule has 0 amide bonds. The fourth-order valence-corrected chi connectivity index (χ4v) is 22.8. The van der Waals surface area contributed by atoms with Crippen molar-refractivity contribution in [2.24, 2.45) is 46.3 Å². The minimum atomic E-state index is -0.0316. The summed E-state index contributed by atoms with van der Waals surface area (Å²) in [5.41, 5.74) is 22.8. The van der Waals surface area contributed by atoms with Gasteiger partial charge in [-0.15, -0.1) is 11.3 Å². The van der Waals surface area contributed by atoms with Crippen LogP contribution < -0.4 is 15.7 Å². The van der Waals surface area contributed by atoms with E-state index in [0.29, 0.717) is 16.2 Å². The van der Waals surface area contributed by atoms with Gasteiger partial charge in [-0.2, -0.15) is 0 Å². The average Bonchev–Trinajstić information content (AvgIpc) is 4.26. The quantitative estimate of drug-likeness (QED) is 0.156. The normalized spacial score (nSPS) is 31.6. The molecule has 2 aromatic heterocycles. The Bertz CT molecular complexity index is 4480. The topological polar surface area (TPSA) is 8.17 Å². The number of fused-ring (bicyclic) bond motifs is 14. The van der Waals surface area contributed by atoms with Crippen molar-refractivity contribution in [3.63, 3.8) is 0 Å². The van der Waals surface area contributed by atoms with Crippen LogP contribution in [0.5, 0.6) is 0 Å². The molecule has 2 aliphatic heterocycles. The molecule has 362 valence electrons. The summed E-state index contributed by atoms with van der Waals surface area (Å²) in [6.07, 6.45) is 14.5. The third kappa shape index (κ3) is 4.51. The second kappa shape index (κ2) is 13.1. The van der Waals surface area contributed by atoms with E-state index in [1.807, 2.05) is 11.3 Å². The predicted molar refractivity (Wildman–Crippen MR) is 316 cm³/mol. The highest BCUT2D eigenvalue weighted by Gasteiger charge is 2.78. The lowest BCUT2D eigenvalue weighted by Gasteiger charge is -2.66. The van der Waals surface area contributed by atoms with E-state index in [2.05, 4.69) is 185 Å². The first-order valence-corrected chi connectivity index (χ1v) is 30.0. The summed E-state index contributed by atoms with van der Waals surface area (Å²) in [6.45, 7) is -0.0316. The zero-order valence-electron chi connectivity index (χ0n) is 42.7. The van der Waals surface area contributed by atoms with Crippen molar-refractivity contribution in [2.45, 2.75) is 75.0 Å². The first-order chi connectivity index (χ1) is 37.4. The number of nitrogens with zero attached hydrogens (tertiary/aromatic N) is 2. The van der Waals surface area contributed by atoms with Crippen LogP contribution in [0.1, 0.15) is 75.3 Å². The zero-order chi connectivity index (χ0) is 48.8. The summed E-state index contributed by atoms with van der Waals surface area (Å²) in [6, 6.07) is 69.8. The molecule has 2 spiro atoms. The molecule has 4 heterocycles. The minimum Gasteiger partial charge on any atom is -0.376 e. The number of hydrogen-bond donors (Lipinski definition) is 0. The number of anilines is 2. The maximum Gasteiger partial charge on any atom is 0.333 e. The molecule has 0 N–H and O–H groups in total. The monoisotopic (exact) mass is 990 g/mol. The Morgan fingerprint density at radius 3 is 1.99 bits per heavy atom. The van der Waals surface area contributed by atoms with Gasteiger partial charge in [0, 0.05) is 53.6 Å². The number of thiophene rings is 1. The maximum atomic E-state index is 2.84. The van der Waals surface area contributed by atoms with Gasteiger partial charge in [0.2, 0.25) is 0 Å². The van der Waals surface area contributed by atoms with Crippen LogP contribution >= 0.6 is 11.3 Å². The van der Waals surface area contributed by atoms with Gasteiger partial charge >= 0.3 is 6.85 Å². The Kier molecular flexibility index (Phi) is 6.96. The number of benzene rings is 9. The van der Waals surface area contributed by atoms with Crippen LogP contribution in [-0.2, 0) is 10.8 Å². The SMILES string of the molecule is c1ccc(-c2ccc(N3B4c5c(cc(-c6ccccc6)cc5-n5c6ccc(C78CC9CC%10CC9(C7)C%10C8)cc6c6cc(C78CC9CC%10CC(C7)C%109C8)cc4c65)-c4c3ccc3sc5cc6ccccc6cc5c43)cc2)cc1. The Balaban J connectivity index is 0.893. The standard InChI is InChI=1S/C72H55BN2S/c1-3-9-40(10-4-1)42-15-18-53(19-16-42)75-61-21-22-63-66(56-24-43-13-7-8-14-44(43)27-64(56)76-63)65(61)57-25-45(41-11-5-2-6-12-41)26-62-67(57)73(75)59-32-48(69-35-51-28-49-29-52(36-69)72(49,51)39-69)31-55-54-30-47(17-20-60(54)74(62)68(55)59)70-34-50-23-46-33-71(50,38-70)58(46)37-70/h1-22,24-27,30-32,46,49-52,58H,23,28-29,33-39H2. The van der Waals surface area contributed by atoms with Crippen LogP contribution in [0.3, 0.4) is 0 Å². The van der Waals surface area contributed by atoms with E-state index < -0.39 is 0 Å². The highest BCUT2D eigenvalue weighted by molar-refractivity contribution is 7.26. The molecule has 7 unspecified atom stereocenters. The fourth-order valence-electron chi connectivity index (χ4n) is 21.6. The molecule has 2 nitrogen and oxygen atoms in total. The summed E-state index contributed by atoms with van der Waals surface area (Å²) >= 11 is 1.96. The van der Waals surface area contributed by atoms with Gasteiger partial charge in [0.05, 0.1) is 11.0 Å². The van der Waals surface area contributed by atoms with Gasteiger partial charge in [-0.1, -0.05) is 109 Å². The molecule has 0 radical (unpaired) electrons. The summed E-state index contributed by atoms with van der Waals surface area (Å²) < 4.78 is 5.52. The molecule has 5 bridgehead atoms. The lowest BCUT2D eigenvalue weighted by atomic mass is 9.38. The molecular weight excluding hydrogens is 936 g/mol. The molecule has 11 aromatic rings. The summed E-state index contributed by atoms with van der Waals surface area (Å²) in [5, 5.41) is 8.37. The van der Waals surface area contributed by atoms with Crippen molar-refractivity contribution in [2.75, 3.05) is 4.81 Å². The predicted octanol–water partition coefficient (Wildman–Crippen LogP) is 17.0. The minimum absolute atomic E-state index is 0.0316. The Morgan fingerprint density at radius 1 is 0.500 bits per heavy atom. The van der Waals surface area contributed by atoms with E-state index in [1.54, 1.807) is 11.1 Å². The lowest BCUT2D eigenvalue weighted by Crippen LogP contribution is -2.61. The molecule has 11 aliphatic rings. The van der Waals surface area contributed by atoms with Crippen molar-refractivity contribution >= 4 is 93.2 Å². The summed E-state index contributed by atoms with van der Waals surface area (Å²) in [4.78, 5) is 2.83. The zero-order valence-corrected chi connectivity index (χ0v) is 43.5. The maximum absolute atomic E-state index is 2.84. The van der Waals surface area contributed by atoms with Crippen LogP contribution in [0.2, 0.25) is 0 Å². The Hall–Kier alpha value is -6.88. The number of aromatic nitrogens is 1. The number of rotatable bonds is 5. The van der Waals surface area contributed by atoms with E-state index in [0.717, 1.165) is 35.5 Å². The molecule has 9 fully saturated rings. The molecule has 9 saturated carbocycles. The lowest BCUT2D eigenvalue weighted by molar-refractivity contribution is -0.175. The molecule has 4 heteroatoms. The van der Waals surface area contributed by atoms with Gasteiger partial charge in [0.15, 0.2) is 0 Å². The van der Waals surface area contributed by atoms with Gasteiger partial charge in [-0.25, -0.2) is 0 Å². The van der Waals surface area contributed by atoms with Crippen molar-refractivity contribution in [3.05, 3.63) is 187 Å². The van der Waals surface area contributed by atoms with E-state index in [1.165, 1.54) is 178 Å². The van der Waals surface area contributed by atoms with Gasteiger partial charge in [-0.3, -0.25) is 0 Å². The van der Waals surface area contributed by atoms with Gasteiger partial charge in [0.1, 0.15) is 0 Å². The van der Waals surface area contributed by atoms with Crippen LogP contribution in [0.4, 0.5) is 11.4 Å².